The number of carbonyl (C=O) groups excluding carboxylic acids is 1. The molecule has 2 aliphatic rings. The van der Waals surface area contributed by atoms with Gasteiger partial charge < -0.3 is 4.74 Å². The first kappa shape index (κ1) is 13.8. The van der Waals surface area contributed by atoms with Gasteiger partial charge in [0.25, 0.3) is 5.91 Å². The van der Waals surface area contributed by atoms with E-state index in [0.717, 1.165) is 12.3 Å². The minimum atomic E-state index is -0.410. The highest BCUT2D eigenvalue weighted by Crippen LogP contribution is 2.66. The molecule has 104 valence electrons. The molecule has 2 saturated carbocycles. The Morgan fingerprint density at radius 1 is 1.50 bits per heavy atom. The van der Waals surface area contributed by atoms with Gasteiger partial charge in [0.2, 0.25) is 0 Å². The molecule has 2 bridgehead atoms. The molecule has 18 heavy (non-hydrogen) atoms. The number of fused-ring (bicyclic) bond motifs is 2. The lowest BCUT2D eigenvalue weighted by Gasteiger charge is -2.40. The third kappa shape index (κ3) is 1.77. The molecular weight excluding hydrogens is 228 g/mol. The second-order valence-corrected chi connectivity index (χ2v) is 6.64. The fraction of sp³-hybridized carbons (Fsp3) is 0.929. The molecule has 4 heteroatoms. The zero-order valence-corrected chi connectivity index (χ0v) is 12.0. The van der Waals surface area contributed by atoms with Gasteiger partial charge in [-0.1, -0.05) is 27.7 Å². The standard InChI is InChI=1S/C14H26N2O2/c1-5-10(12(17)16-15)18-11-8-9-6-7-14(11,4)13(9,2)3/h9-11H,5-8,15H2,1-4H3,(H,16,17). The summed E-state index contributed by atoms with van der Waals surface area (Å²) in [5.74, 6) is 5.73. The summed E-state index contributed by atoms with van der Waals surface area (Å²) in [7, 11) is 0. The number of hydrogen-bond donors (Lipinski definition) is 2. The average Bonchev–Trinajstić information content (AvgIpc) is 2.67. The Morgan fingerprint density at radius 2 is 2.17 bits per heavy atom. The molecule has 4 nitrogen and oxygen atoms in total. The minimum absolute atomic E-state index is 0.188. The summed E-state index contributed by atoms with van der Waals surface area (Å²) in [5.41, 5.74) is 2.71. The van der Waals surface area contributed by atoms with Crippen molar-refractivity contribution in [2.75, 3.05) is 0 Å². The van der Waals surface area contributed by atoms with Crippen molar-refractivity contribution in [1.82, 2.24) is 5.43 Å². The molecule has 0 saturated heterocycles. The van der Waals surface area contributed by atoms with Crippen molar-refractivity contribution >= 4 is 5.91 Å². The number of rotatable bonds is 4. The van der Waals surface area contributed by atoms with Crippen LogP contribution in [0.25, 0.3) is 0 Å². The molecule has 0 aromatic rings. The second kappa shape index (κ2) is 4.49. The Balaban J connectivity index is 2.10. The first-order valence-electron chi connectivity index (χ1n) is 7.02. The Labute approximate surface area is 110 Å². The van der Waals surface area contributed by atoms with E-state index in [4.69, 9.17) is 10.6 Å². The van der Waals surface area contributed by atoms with Crippen molar-refractivity contribution in [2.45, 2.75) is 65.6 Å². The van der Waals surface area contributed by atoms with Crippen LogP contribution in [0.2, 0.25) is 0 Å². The lowest BCUT2D eigenvalue weighted by molar-refractivity contribution is -0.145. The van der Waals surface area contributed by atoms with Gasteiger partial charge in [-0.15, -0.1) is 0 Å². The van der Waals surface area contributed by atoms with E-state index in [1.54, 1.807) is 0 Å². The molecule has 0 aliphatic heterocycles. The van der Waals surface area contributed by atoms with Crippen molar-refractivity contribution < 1.29 is 9.53 Å². The van der Waals surface area contributed by atoms with Crippen molar-refractivity contribution in [3.8, 4) is 0 Å². The Morgan fingerprint density at radius 3 is 2.56 bits per heavy atom. The van der Waals surface area contributed by atoms with Gasteiger partial charge in [0, 0.05) is 0 Å². The molecule has 0 heterocycles. The van der Waals surface area contributed by atoms with E-state index in [2.05, 4.69) is 26.2 Å². The lowest BCUT2D eigenvalue weighted by atomic mass is 9.70. The van der Waals surface area contributed by atoms with E-state index in [-0.39, 0.29) is 17.4 Å². The maximum Gasteiger partial charge on any atom is 0.262 e. The first-order chi connectivity index (χ1) is 8.36. The van der Waals surface area contributed by atoms with Gasteiger partial charge in [0.05, 0.1) is 6.10 Å². The quantitative estimate of drug-likeness (QED) is 0.458. The highest BCUT2D eigenvalue weighted by molar-refractivity contribution is 5.80. The van der Waals surface area contributed by atoms with Gasteiger partial charge in [-0.3, -0.25) is 10.2 Å². The second-order valence-electron chi connectivity index (χ2n) is 6.64. The summed E-state index contributed by atoms with van der Waals surface area (Å²) in [4.78, 5) is 11.6. The minimum Gasteiger partial charge on any atom is -0.365 e. The van der Waals surface area contributed by atoms with E-state index in [1.165, 1.54) is 12.8 Å². The monoisotopic (exact) mass is 254 g/mol. The van der Waals surface area contributed by atoms with Crippen LogP contribution >= 0.6 is 0 Å². The normalized spacial score (nSPS) is 38.7. The number of carbonyl (C=O) groups is 1. The topological polar surface area (TPSA) is 64.3 Å². The third-order valence-corrected chi connectivity index (χ3v) is 5.85. The van der Waals surface area contributed by atoms with Crippen molar-refractivity contribution in [1.29, 1.82) is 0 Å². The zero-order valence-electron chi connectivity index (χ0n) is 12.0. The zero-order chi connectivity index (χ0) is 13.6. The van der Waals surface area contributed by atoms with Crippen LogP contribution < -0.4 is 11.3 Å². The number of ether oxygens (including phenoxy) is 1. The summed E-state index contributed by atoms with van der Waals surface area (Å²) in [6, 6.07) is 0. The van der Waals surface area contributed by atoms with Crippen LogP contribution in [0.15, 0.2) is 0 Å². The van der Waals surface area contributed by atoms with Crippen LogP contribution in [0.3, 0.4) is 0 Å². The predicted molar refractivity (Wildman–Crippen MR) is 70.5 cm³/mol. The SMILES string of the molecule is CCC(OC1CC2CCC1(C)C2(C)C)C(=O)NN. The van der Waals surface area contributed by atoms with Crippen molar-refractivity contribution in [2.24, 2.45) is 22.6 Å². The molecule has 2 rings (SSSR count). The average molecular weight is 254 g/mol. The summed E-state index contributed by atoms with van der Waals surface area (Å²) >= 11 is 0. The largest absolute Gasteiger partial charge is 0.365 e. The number of hydrogen-bond acceptors (Lipinski definition) is 3. The molecule has 2 aliphatic carbocycles. The van der Waals surface area contributed by atoms with Gasteiger partial charge in [0.15, 0.2) is 0 Å². The van der Waals surface area contributed by atoms with Crippen LogP contribution in [-0.4, -0.2) is 18.1 Å². The number of amides is 1. The Kier molecular flexibility index (Phi) is 3.45. The number of hydrazine groups is 1. The number of nitrogens with two attached hydrogens (primary N) is 1. The molecule has 1 amide bonds. The molecule has 0 spiro atoms. The van der Waals surface area contributed by atoms with Crippen LogP contribution in [0.5, 0.6) is 0 Å². The molecule has 0 radical (unpaired) electrons. The maximum atomic E-state index is 11.6. The first-order valence-corrected chi connectivity index (χ1v) is 7.02. The van der Waals surface area contributed by atoms with E-state index >= 15 is 0 Å². The molecule has 0 aromatic heterocycles. The summed E-state index contributed by atoms with van der Waals surface area (Å²) < 4.78 is 6.09. The maximum absolute atomic E-state index is 11.6. The van der Waals surface area contributed by atoms with E-state index in [1.807, 2.05) is 6.92 Å². The smallest absolute Gasteiger partial charge is 0.262 e. The Bertz CT molecular complexity index is 343. The fourth-order valence-corrected chi connectivity index (χ4v) is 3.97. The Hall–Kier alpha value is -0.610. The van der Waals surface area contributed by atoms with Gasteiger partial charge >= 0.3 is 0 Å². The van der Waals surface area contributed by atoms with Crippen molar-refractivity contribution in [3.63, 3.8) is 0 Å². The van der Waals surface area contributed by atoms with Gasteiger partial charge in [0.1, 0.15) is 6.10 Å². The molecule has 4 atom stereocenters. The van der Waals surface area contributed by atoms with Gasteiger partial charge in [-0.2, -0.15) is 0 Å². The molecule has 2 fully saturated rings. The van der Waals surface area contributed by atoms with Crippen molar-refractivity contribution in [3.05, 3.63) is 0 Å². The summed E-state index contributed by atoms with van der Waals surface area (Å²) in [6.45, 7) is 8.97. The molecule has 0 aromatic carbocycles. The summed E-state index contributed by atoms with van der Waals surface area (Å²) in [6.07, 6.45) is 4.03. The van der Waals surface area contributed by atoms with Gasteiger partial charge in [-0.25, -0.2) is 5.84 Å². The lowest BCUT2D eigenvalue weighted by Crippen LogP contribution is -2.45. The molecule has 4 unspecified atom stereocenters. The highest BCUT2D eigenvalue weighted by atomic mass is 16.5. The third-order valence-electron chi connectivity index (χ3n) is 5.85. The van der Waals surface area contributed by atoms with E-state index < -0.39 is 6.10 Å². The van der Waals surface area contributed by atoms with Gasteiger partial charge in [-0.05, 0) is 42.4 Å². The molecule has 3 N–H and O–H groups in total. The van der Waals surface area contributed by atoms with E-state index in [9.17, 15) is 4.79 Å². The van der Waals surface area contributed by atoms with Crippen LogP contribution in [0.4, 0.5) is 0 Å². The fourth-order valence-electron chi connectivity index (χ4n) is 3.97. The number of nitrogens with one attached hydrogen (secondary N) is 1. The predicted octanol–water partition coefficient (Wildman–Crippen LogP) is 1.99. The van der Waals surface area contributed by atoms with E-state index in [0.29, 0.717) is 11.8 Å². The van der Waals surface area contributed by atoms with Crippen LogP contribution in [-0.2, 0) is 9.53 Å². The highest BCUT2D eigenvalue weighted by Gasteiger charge is 2.62. The summed E-state index contributed by atoms with van der Waals surface area (Å²) in [5, 5.41) is 0. The molecular formula is C14H26N2O2. The van der Waals surface area contributed by atoms with Crippen LogP contribution in [0.1, 0.15) is 53.4 Å². The van der Waals surface area contributed by atoms with Crippen LogP contribution in [0, 0.1) is 16.7 Å².